The maximum atomic E-state index is 13.3. The molecule has 0 saturated carbocycles. The molecule has 11 nitrogen and oxygen atoms in total. The van der Waals surface area contributed by atoms with Crippen molar-refractivity contribution in [2.45, 2.75) is 64.7 Å². The average molecular weight is 602 g/mol. The van der Waals surface area contributed by atoms with Gasteiger partial charge in [-0.2, -0.15) is 4.98 Å². The van der Waals surface area contributed by atoms with Gasteiger partial charge in [0.15, 0.2) is 0 Å². The number of likely N-dealkylation sites (tertiary alicyclic amines) is 1. The van der Waals surface area contributed by atoms with Crippen LogP contribution in [0.3, 0.4) is 0 Å². The van der Waals surface area contributed by atoms with E-state index in [9.17, 15) is 19.2 Å². The van der Waals surface area contributed by atoms with Crippen LogP contribution in [0.25, 0.3) is 0 Å². The number of nitrogens with zero attached hydrogens (tertiary/aromatic N) is 3. The Morgan fingerprint density at radius 2 is 1.75 bits per heavy atom. The number of benzene rings is 2. The monoisotopic (exact) mass is 601 g/mol. The van der Waals surface area contributed by atoms with Crippen molar-refractivity contribution in [3.05, 3.63) is 87.1 Å². The van der Waals surface area contributed by atoms with Crippen molar-refractivity contribution in [2.24, 2.45) is 0 Å². The molecule has 2 aromatic carbocycles. The number of nitrogens with one attached hydrogen (secondary N) is 2. The van der Waals surface area contributed by atoms with E-state index in [2.05, 4.69) is 15.3 Å². The number of piperidine rings is 1. The predicted molar refractivity (Wildman–Crippen MR) is 163 cm³/mol. The number of hydrogen-bond acceptors (Lipinski definition) is 7. The summed E-state index contributed by atoms with van der Waals surface area (Å²) in [4.78, 5) is 60.8. The van der Waals surface area contributed by atoms with Gasteiger partial charge in [-0.05, 0) is 74.1 Å². The molecule has 2 atom stereocenters. The number of H-pyrrole nitrogens is 1. The normalized spacial score (nSPS) is 19.7. The van der Waals surface area contributed by atoms with E-state index in [-0.39, 0.29) is 49.8 Å². The smallest absolute Gasteiger partial charge is 0.345 e. The molecule has 2 aliphatic rings. The topological polar surface area (TPSA) is 134 Å². The minimum absolute atomic E-state index is 0.0532. The van der Waals surface area contributed by atoms with Gasteiger partial charge < -0.3 is 29.6 Å². The van der Waals surface area contributed by atoms with Crippen LogP contribution in [0.2, 0.25) is 0 Å². The van der Waals surface area contributed by atoms with Gasteiger partial charge >= 0.3 is 5.69 Å². The summed E-state index contributed by atoms with van der Waals surface area (Å²) in [5, 5.41) is 3.04. The molecule has 1 fully saturated rings. The molecule has 0 unspecified atom stereocenters. The Morgan fingerprint density at radius 3 is 2.50 bits per heavy atom. The van der Waals surface area contributed by atoms with Crippen LogP contribution in [0, 0.1) is 13.8 Å². The minimum Gasteiger partial charge on any atom is -0.457 e. The van der Waals surface area contributed by atoms with Crippen LogP contribution < -0.4 is 15.7 Å². The van der Waals surface area contributed by atoms with E-state index in [0.717, 1.165) is 16.7 Å². The van der Waals surface area contributed by atoms with Gasteiger partial charge in [0, 0.05) is 44.4 Å². The van der Waals surface area contributed by atoms with Gasteiger partial charge in [-0.3, -0.25) is 14.4 Å². The number of aromatic nitrogens is 2. The lowest BCUT2D eigenvalue weighted by Gasteiger charge is -2.39. The Labute approximate surface area is 256 Å². The van der Waals surface area contributed by atoms with Crippen molar-refractivity contribution in [3.63, 3.8) is 0 Å². The van der Waals surface area contributed by atoms with E-state index in [4.69, 9.17) is 9.47 Å². The first-order chi connectivity index (χ1) is 21.1. The average Bonchev–Trinajstić information content (AvgIpc) is 2.98. The van der Waals surface area contributed by atoms with Gasteiger partial charge in [0.05, 0.1) is 25.3 Å². The zero-order valence-electron chi connectivity index (χ0n) is 25.4. The molecule has 2 N–H and O–H groups in total. The third-order valence-corrected chi connectivity index (χ3v) is 8.22. The van der Waals surface area contributed by atoms with Crippen LogP contribution in [0.4, 0.5) is 0 Å². The third-order valence-electron chi connectivity index (χ3n) is 8.22. The number of carbonyl (C=O) groups excluding carboxylic acids is 3. The van der Waals surface area contributed by atoms with Gasteiger partial charge in [0.25, 0.3) is 0 Å². The van der Waals surface area contributed by atoms with E-state index in [1.54, 1.807) is 25.8 Å². The van der Waals surface area contributed by atoms with E-state index >= 15 is 0 Å². The fourth-order valence-electron chi connectivity index (χ4n) is 5.81. The molecule has 11 heteroatoms. The maximum Gasteiger partial charge on any atom is 0.345 e. The number of rotatable bonds is 3. The zero-order chi connectivity index (χ0) is 31.2. The second kappa shape index (κ2) is 13.9. The largest absolute Gasteiger partial charge is 0.457 e. The van der Waals surface area contributed by atoms with Gasteiger partial charge in [-0.15, -0.1) is 0 Å². The second-order valence-corrected chi connectivity index (χ2v) is 11.5. The molecule has 3 amide bonds. The Kier molecular flexibility index (Phi) is 9.74. The number of amides is 3. The number of ether oxygens (including phenoxy) is 2. The first-order valence-corrected chi connectivity index (χ1v) is 15.0. The van der Waals surface area contributed by atoms with Crippen molar-refractivity contribution in [2.75, 3.05) is 26.7 Å². The molecule has 1 saturated heterocycles. The van der Waals surface area contributed by atoms with E-state index in [1.807, 2.05) is 48.5 Å². The SMILES string of the molecule is Cc1nc(=O)[nH]c(C)c1CCC(=O)N1CC[C@H]2OCc3cccc(c3)Oc3cccc(c3)CCC(=O)N(C)CC(=O)N[C@H]2C1. The molecular formula is C33H39N5O6. The fraction of sp³-hybridized carbons (Fsp3) is 0.424. The number of hydrogen-bond donors (Lipinski definition) is 2. The fourth-order valence-corrected chi connectivity index (χ4v) is 5.81. The van der Waals surface area contributed by atoms with Crippen LogP contribution in [0.5, 0.6) is 11.5 Å². The highest BCUT2D eigenvalue weighted by atomic mass is 16.5. The summed E-state index contributed by atoms with van der Waals surface area (Å²) in [5.41, 5.74) is 3.66. The molecule has 0 radical (unpaired) electrons. The summed E-state index contributed by atoms with van der Waals surface area (Å²) in [5.74, 6) is 0.853. The second-order valence-electron chi connectivity index (χ2n) is 11.5. The Morgan fingerprint density at radius 1 is 1.02 bits per heavy atom. The highest BCUT2D eigenvalue weighted by Gasteiger charge is 2.33. The van der Waals surface area contributed by atoms with Gasteiger partial charge in [0.1, 0.15) is 11.5 Å². The summed E-state index contributed by atoms with van der Waals surface area (Å²) in [6.45, 7) is 4.54. The van der Waals surface area contributed by atoms with Gasteiger partial charge in [0.2, 0.25) is 17.7 Å². The van der Waals surface area contributed by atoms with Crippen LogP contribution >= 0.6 is 0 Å². The van der Waals surface area contributed by atoms with Crippen LogP contribution in [-0.2, 0) is 38.6 Å². The summed E-state index contributed by atoms with van der Waals surface area (Å²) >= 11 is 0. The van der Waals surface area contributed by atoms with Crippen LogP contribution in [-0.4, -0.2) is 76.3 Å². The predicted octanol–water partition coefficient (Wildman–Crippen LogP) is 2.82. The zero-order valence-corrected chi connectivity index (χ0v) is 25.4. The van der Waals surface area contributed by atoms with Gasteiger partial charge in [-0.25, -0.2) is 4.79 Å². The number of aromatic amines is 1. The molecule has 0 spiro atoms. The highest BCUT2D eigenvalue weighted by molar-refractivity contribution is 5.85. The maximum absolute atomic E-state index is 13.3. The van der Waals surface area contributed by atoms with Crippen LogP contribution in [0.1, 0.15) is 47.3 Å². The van der Waals surface area contributed by atoms with E-state index in [1.165, 1.54) is 4.90 Å². The summed E-state index contributed by atoms with van der Waals surface area (Å²) in [7, 11) is 1.62. The molecule has 5 rings (SSSR count). The quantitative estimate of drug-likeness (QED) is 0.472. The Bertz CT molecular complexity index is 1560. The Balaban J connectivity index is 1.31. The standard InChI is InChI=1S/C33H39N5O6/c1-21-27(22(2)35-33(42)34-21)11-13-32(41)38-15-14-29-28(18-38)36-30(39)19-37(3)31(40)12-10-23-6-4-8-25(16-23)44-26-9-5-7-24(17-26)20-43-29/h4-9,16-17,28-29H,10-15,18-20H2,1-3H3,(H,36,39)(H,34,35,42)/t28-,29+/m0/s1. The summed E-state index contributed by atoms with van der Waals surface area (Å²) < 4.78 is 12.5. The molecule has 2 aliphatic heterocycles. The van der Waals surface area contributed by atoms with E-state index in [0.29, 0.717) is 55.3 Å². The number of fused-ring (bicyclic) bond motifs is 5. The number of likely N-dealkylation sites (N-methyl/N-ethyl adjacent to an activating group) is 1. The lowest BCUT2D eigenvalue weighted by atomic mass is 10.00. The first-order valence-electron chi connectivity index (χ1n) is 15.0. The van der Waals surface area contributed by atoms with Crippen molar-refractivity contribution in [3.8, 4) is 11.5 Å². The van der Waals surface area contributed by atoms with Gasteiger partial charge in [-0.1, -0.05) is 24.3 Å². The molecular weight excluding hydrogens is 562 g/mol. The minimum atomic E-state index is -0.458. The number of aryl methyl sites for hydroxylation is 3. The van der Waals surface area contributed by atoms with Crippen molar-refractivity contribution >= 4 is 17.7 Å². The van der Waals surface area contributed by atoms with Crippen LogP contribution in [0.15, 0.2) is 53.3 Å². The molecule has 3 aromatic rings. The molecule has 232 valence electrons. The Hall–Kier alpha value is -4.51. The molecule has 4 bridgehead atoms. The van der Waals surface area contributed by atoms with Crippen molar-refractivity contribution in [1.29, 1.82) is 0 Å². The van der Waals surface area contributed by atoms with E-state index < -0.39 is 11.7 Å². The molecule has 44 heavy (non-hydrogen) atoms. The lowest BCUT2D eigenvalue weighted by molar-refractivity contribution is -0.138. The van der Waals surface area contributed by atoms with Crippen molar-refractivity contribution in [1.82, 2.24) is 25.1 Å². The summed E-state index contributed by atoms with van der Waals surface area (Å²) in [6, 6.07) is 14.9. The molecule has 1 aromatic heterocycles. The number of carbonyl (C=O) groups is 3. The third kappa shape index (κ3) is 7.90. The lowest BCUT2D eigenvalue weighted by Crippen LogP contribution is -2.58. The highest BCUT2D eigenvalue weighted by Crippen LogP contribution is 2.25. The molecule has 0 aliphatic carbocycles. The molecule has 3 heterocycles. The first kappa shape index (κ1) is 30.9. The summed E-state index contributed by atoms with van der Waals surface area (Å²) in [6.07, 6.45) is 1.66. The van der Waals surface area contributed by atoms with Crippen molar-refractivity contribution < 1.29 is 23.9 Å².